The molecule has 0 fully saturated rings. The quantitative estimate of drug-likeness (QED) is 0.260. The molecular formula is C32H25N3O3. The van der Waals surface area contributed by atoms with Crippen LogP contribution in [0.1, 0.15) is 29.8 Å². The molecule has 5 aromatic rings. The van der Waals surface area contributed by atoms with E-state index in [-0.39, 0.29) is 5.91 Å². The Morgan fingerprint density at radius 3 is 2.34 bits per heavy atom. The molecule has 1 amide bonds. The second-order valence-electron chi connectivity index (χ2n) is 8.99. The van der Waals surface area contributed by atoms with Gasteiger partial charge in [0.1, 0.15) is 12.4 Å². The van der Waals surface area contributed by atoms with E-state index in [0.29, 0.717) is 23.8 Å². The molecule has 1 aliphatic rings. The molecule has 0 spiro atoms. The summed E-state index contributed by atoms with van der Waals surface area (Å²) in [5, 5.41) is 6.90. The minimum atomic E-state index is -0.750. The van der Waals surface area contributed by atoms with Crippen LogP contribution in [0.4, 0.5) is 0 Å². The van der Waals surface area contributed by atoms with Gasteiger partial charge >= 0.3 is 0 Å². The van der Waals surface area contributed by atoms with Gasteiger partial charge in [0.2, 0.25) is 18.0 Å². The predicted octanol–water partition coefficient (Wildman–Crippen LogP) is 6.72. The number of aromatic nitrogens is 1. The smallest absolute Gasteiger partial charge is 0.244 e. The highest BCUT2D eigenvalue weighted by Crippen LogP contribution is 2.37. The van der Waals surface area contributed by atoms with Gasteiger partial charge in [-0.2, -0.15) is 5.01 Å². The molecule has 186 valence electrons. The van der Waals surface area contributed by atoms with Gasteiger partial charge < -0.3 is 9.47 Å². The molecule has 4 aromatic carbocycles. The molecule has 0 bridgehead atoms. The minimum Gasteiger partial charge on any atom is -0.488 e. The topological polar surface area (TPSA) is 64.0 Å². The first kappa shape index (κ1) is 23.4. The van der Waals surface area contributed by atoms with Crippen molar-refractivity contribution in [1.29, 1.82) is 0 Å². The van der Waals surface area contributed by atoms with Crippen LogP contribution >= 0.6 is 0 Å². The Kier molecular flexibility index (Phi) is 6.28. The molecule has 0 radical (unpaired) electrons. The molecule has 0 N–H and O–H groups in total. The maximum Gasteiger partial charge on any atom is 0.244 e. The minimum absolute atomic E-state index is 0.227. The molecule has 2 heterocycles. The fraction of sp³-hybridized carbons (Fsp3) is 0.0938. The van der Waals surface area contributed by atoms with E-state index in [0.717, 1.165) is 33.3 Å². The lowest BCUT2D eigenvalue weighted by Crippen LogP contribution is -2.25. The largest absolute Gasteiger partial charge is 0.488 e. The first-order chi connectivity index (χ1) is 18.7. The third-order valence-corrected chi connectivity index (χ3v) is 6.40. The maximum atomic E-state index is 12.8. The molecule has 1 atom stereocenters. The third-order valence-electron chi connectivity index (χ3n) is 6.40. The first-order valence-electron chi connectivity index (χ1n) is 12.4. The van der Waals surface area contributed by atoms with Gasteiger partial charge in [-0.25, -0.2) is 4.98 Å². The molecule has 6 rings (SSSR count). The number of nitrogens with zero attached hydrogens (tertiary/aromatic N) is 3. The van der Waals surface area contributed by atoms with Crippen molar-refractivity contribution in [3.8, 4) is 17.0 Å². The van der Waals surface area contributed by atoms with Crippen molar-refractivity contribution < 1.29 is 14.3 Å². The zero-order valence-corrected chi connectivity index (χ0v) is 20.8. The van der Waals surface area contributed by atoms with Crippen molar-refractivity contribution in [2.24, 2.45) is 5.10 Å². The highest BCUT2D eigenvalue weighted by molar-refractivity contribution is 5.99. The number of hydrogen-bond donors (Lipinski definition) is 0. The molecule has 1 aliphatic heterocycles. The average Bonchev–Trinajstić information content (AvgIpc) is 3.42. The van der Waals surface area contributed by atoms with Crippen LogP contribution in [0.2, 0.25) is 0 Å². The van der Waals surface area contributed by atoms with Crippen molar-refractivity contribution in [3.05, 3.63) is 132 Å². The van der Waals surface area contributed by atoms with Gasteiger partial charge in [-0.1, -0.05) is 91.0 Å². The van der Waals surface area contributed by atoms with Gasteiger partial charge in [0.05, 0.1) is 16.8 Å². The highest BCUT2D eigenvalue weighted by Gasteiger charge is 2.35. The van der Waals surface area contributed by atoms with Gasteiger partial charge in [0.15, 0.2) is 0 Å². The lowest BCUT2D eigenvalue weighted by atomic mass is 10.0. The van der Waals surface area contributed by atoms with Crippen LogP contribution in [0.15, 0.2) is 120 Å². The summed E-state index contributed by atoms with van der Waals surface area (Å²) in [6.07, 6.45) is -0.750. The van der Waals surface area contributed by atoms with Crippen LogP contribution in [-0.2, 0) is 16.1 Å². The molecule has 1 unspecified atom stereocenters. The number of hydrogen-bond acceptors (Lipinski definition) is 5. The molecule has 38 heavy (non-hydrogen) atoms. The fourth-order valence-electron chi connectivity index (χ4n) is 4.55. The Labute approximate surface area is 220 Å². The number of pyridine rings is 1. The Bertz CT molecular complexity index is 1630. The lowest BCUT2D eigenvalue weighted by molar-refractivity contribution is -0.135. The van der Waals surface area contributed by atoms with E-state index in [1.54, 1.807) is 0 Å². The molecule has 1 aromatic heterocycles. The third kappa shape index (κ3) is 4.60. The number of carbonyl (C=O) groups is 1. The number of rotatable bonds is 6. The summed E-state index contributed by atoms with van der Waals surface area (Å²) in [6.45, 7) is 1.89. The Morgan fingerprint density at radius 1 is 0.868 bits per heavy atom. The second-order valence-corrected chi connectivity index (χ2v) is 8.99. The van der Waals surface area contributed by atoms with Gasteiger partial charge in [0, 0.05) is 23.4 Å². The maximum absolute atomic E-state index is 12.8. The Balaban J connectivity index is 1.39. The number of ether oxygens (including phenoxy) is 2. The van der Waals surface area contributed by atoms with Crippen LogP contribution in [-0.4, -0.2) is 21.8 Å². The second kappa shape index (κ2) is 10.2. The summed E-state index contributed by atoms with van der Waals surface area (Å²) < 4.78 is 12.6. The zero-order valence-electron chi connectivity index (χ0n) is 20.8. The van der Waals surface area contributed by atoms with Crippen LogP contribution in [0.3, 0.4) is 0 Å². The van der Waals surface area contributed by atoms with Crippen molar-refractivity contribution >= 4 is 22.7 Å². The number of para-hydroxylation sites is 2. The SMILES string of the molecule is CC(=O)N1N=C(c2ccccc2OCc2ccccc2)OC1c1cc(-c2ccccc2)nc2ccccc12. The van der Waals surface area contributed by atoms with E-state index in [1.165, 1.54) is 11.9 Å². The first-order valence-corrected chi connectivity index (χ1v) is 12.4. The molecule has 0 saturated heterocycles. The fourth-order valence-corrected chi connectivity index (χ4v) is 4.55. The molecule has 0 saturated carbocycles. The van der Waals surface area contributed by atoms with E-state index in [1.807, 2.05) is 115 Å². The molecule has 6 nitrogen and oxygen atoms in total. The van der Waals surface area contributed by atoms with Gasteiger partial charge in [0.25, 0.3) is 0 Å². The Hall–Kier alpha value is -4.97. The monoisotopic (exact) mass is 499 g/mol. The summed E-state index contributed by atoms with van der Waals surface area (Å²) in [5.41, 5.74) is 5.14. The van der Waals surface area contributed by atoms with Crippen molar-refractivity contribution in [3.63, 3.8) is 0 Å². The zero-order chi connectivity index (χ0) is 25.9. The van der Waals surface area contributed by atoms with Crippen molar-refractivity contribution in [2.45, 2.75) is 19.8 Å². The van der Waals surface area contributed by atoms with Gasteiger partial charge in [-0.15, -0.1) is 5.10 Å². The van der Waals surface area contributed by atoms with Gasteiger partial charge in [-0.05, 0) is 29.8 Å². The summed E-state index contributed by atoms with van der Waals surface area (Å²) in [5.74, 6) is 0.731. The van der Waals surface area contributed by atoms with Crippen LogP contribution in [0.25, 0.3) is 22.2 Å². The standard InChI is InChI=1S/C32H25N3O3/c1-22(36)35-32(27-20-29(24-14-6-3-7-15-24)33-28-18-10-8-16-25(27)28)38-31(34-35)26-17-9-11-19-30(26)37-21-23-12-4-2-5-13-23/h2-20,32H,21H2,1H3. The molecular weight excluding hydrogens is 474 g/mol. The van der Waals surface area contributed by atoms with Crippen LogP contribution < -0.4 is 4.74 Å². The van der Waals surface area contributed by atoms with E-state index in [9.17, 15) is 4.79 Å². The lowest BCUT2D eigenvalue weighted by Gasteiger charge is -2.21. The summed E-state index contributed by atoms with van der Waals surface area (Å²) >= 11 is 0. The predicted molar refractivity (Wildman–Crippen MR) is 147 cm³/mol. The normalized spacial score (nSPS) is 14.7. The summed E-state index contributed by atoms with van der Waals surface area (Å²) in [7, 11) is 0. The number of amides is 1. The number of carbonyl (C=O) groups excluding carboxylic acids is 1. The number of benzene rings is 4. The van der Waals surface area contributed by atoms with Gasteiger partial charge in [-0.3, -0.25) is 4.79 Å². The summed E-state index contributed by atoms with van der Waals surface area (Å²) in [4.78, 5) is 17.7. The Morgan fingerprint density at radius 2 is 1.55 bits per heavy atom. The number of fused-ring (bicyclic) bond motifs is 1. The molecule has 6 heteroatoms. The van der Waals surface area contributed by atoms with E-state index < -0.39 is 6.23 Å². The number of hydrazone groups is 1. The molecule has 0 aliphatic carbocycles. The van der Waals surface area contributed by atoms with E-state index >= 15 is 0 Å². The van der Waals surface area contributed by atoms with Crippen LogP contribution in [0.5, 0.6) is 5.75 Å². The summed E-state index contributed by atoms with van der Waals surface area (Å²) in [6, 6.07) is 37.3. The highest BCUT2D eigenvalue weighted by atomic mass is 16.5. The average molecular weight is 500 g/mol. The van der Waals surface area contributed by atoms with Crippen molar-refractivity contribution in [1.82, 2.24) is 9.99 Å². The van der Waals surface area contributed by atoms with E-state index in [2.05, 4.69) is 5.10 Å². The van der Waals surface area contributed by atoms with E-state index in [4.69, 9.17) is 14.5 Å². The van der Waals surface area contributed by atoms with Crippen molar-refractivity contribution in [2.75, 3.05) is 0 Å². The van der Waals surface area contributed by atoms with Crippen LogP contribution in [0, 0.1) is 0 Å².